The molecule has 112 valence electrons. The maximum absolute atomic E-state index is 12.0. The van der Waals surface area contributed by atoms with Gasteiger partial charge in [-0.2, -0.15) is 5.10 Å². The van der Waals surface area contributed by atoms with Gasteiger partial charge >= 0.3 is 0 Å². The summed E-state index contributed by atoms with van der Waals surface area (Å²) in [7, 11) is 0. The van der Waals surface area contributed by atoms with Crippen molar-refractivity contribution in [2.24, 2.45) is 0 Å². The molecule has 0 radical (unpaired) electrons. The molecule has 0 unspecified atom stereocenters. The fourth-order valence-electron chi connectivity index (χ4n) is 2.38. The van der Waals surface area contributed by atoms with Crippen LogP contribution in [0.1, 0.15) is 11.1 Å². The van der Waals surface area contributed by atoms with E-state index in [2.05, 4.69) is 15.4 Å². The first kappa shape index (κ1) is 14.1. The van der Waals surface area contributed by atoms with Gasteiger partial charge in [0.2, 0.25) is 5.91 Å². The summed E-state index contributed by atoms with van der Waals surface area (Å²) >= 11 is 0. The molecule has 0 atom stereocenters. The van der Waals surface area contributed by atoms with Crippen molar-refractivity contribution in [3.05, 3.63) is 58.1 Å². The van der Waals surface area contributed by atoms with E-state index < -0.39 is 0 Å². The van der Waals surface area contributed by atoms with Crippen LogP contribution in [0.25, 0.3) is 10.9 Å². The minimum Gasteiger partial charge on any atom is -0.324 e. The number of aryl methyl sites for hydroxylation is 1. The predicted molar refractivity (Wildman–Crippen MR) is 84.9 cm³/mol. The smallest absolute Gasteiger partial charge is 0.251 e. The zero-order chi connectivity index (χ0) is 15.7. The highest BCUT2D eigenvalue weighted by Crippen LogP contribution is 2.20. The number of hydrogen-bond donors (Lipinski definition) is 2. The van der Waals surface area contributed by atoms with Crippen molar-refractivity contribution in [3.63, 3.8) is 0 Å². The van der Waals surface area contributed by atoms with Crippen LogP contribution in [0.5, 0.6) is 0 Å². The number of anilines is 1. The topological polar surface area (TPSA) is 79.8 Å². The van der Waals surface area contributed by atoms with Crippen LogP contribution in [-0.2, 0) is 11.3 Å². The number of carbonyl (C=O) groups excluding carboxylic acids is 1. The second-order valence-electron chi connectivity index (χ2n) is 5.22. The molecule has 0 saturated heterocycles. The van der Waals surface area contributed by atoms with Gasteiger partial charge in [0.25, 0.3) is 5.56 Å². The highest BCUT2D eigenvalue weighted by Gasteiger charge is 2.08. The number of aromatic nitrogens is 3. The van der Waals surface area contributed by atoms with Crippen LogP contribution >= 0.6 is 0 Å². The van der Waals surface area contributed by atoms with Crippen molar-refractivity contribution >= 4 is 22.5 Å². The van der Waals surface area contributed by atoms with E-state index in [-0.39, 0.29) is 18.0 Å². The molecule has 0 bridgehead atoms. The molecule has 0 fully saturated rings. The third kappa shape index (κ3) is 2.63. The second-order valence-corrected chi connectivity index (χ2v) is 5.22. The number of nitrogens with one attached hydrogen (secondary N) is 2. The van der Waals surface area contributed by atoms with Crippen molar-refractivity contribution in [3.8, 4) is 0 Å². The molecule has 1 aromatic carbocycles. The molecule has 2 aromatic heterocycles. The summed E-state index contributed by atoms with van der Waals surface area (Å²) in [5, 5.41) is 7.77. The van der Waals surface area contributed by atoms with Crippen molar-refractivity contribution in [2.75, 3.05) is 5.32 Å². The van der Waals surface area contributed by atoms with Gasteiger partial charge in [-0.25, -0.2) is 0 Å². The third-order valence-electron chi connectivity index (χ3n) is 3.72. The molecular formula is C16H16N4O2. The first-order chi connectivity index (χ1) is 10.5. The minimum atomic E-state index is -0.172. The van der Waals surface area contributed by atoms with Crippen LogP contribution in [0.4, 0.5) is 5.69 Å². The Morgan fingerprint density at radius 2 is 2.14 bits per heavy atom. The molecule has 0 aliphatic rings. The van der Waals surface area contributed by atoms with Gasteiger partial charge in [-0.1, -0.05) is 6.07 Å². The van der Waals surface area contributed by atoms with Crippen LogP contribution in [-0.4, -0.2) is 20.7 Å². The van der Waals surface area contributed by atoms with Gasteiger partial charge < -0.3 is 10.3 Å². The van der Waals surface area contributed by atoms with Crippen molar-refractivity contribution < 1.29 is 4.79 Å². The molecule has 6 nitrogen and oxygen atoms in total. The normalized spacial score (nSPS) is 10.8. The second kappa shape index (κ2) is 5.48. The minimum absolute atomic E-state index is 0.106. The van der Waals surface area contributed by atoms with Gasteiger partial charge in [-0.15, -0.1) is 0 Å². The average molecular weight is 296 g/mol. The van der Waals surface area contributed by atoms with E-state index >= 15 is 0 Å². The predicted octanol–water partition coefficient (Wildman–Crippen LogP) is 1.98. The van der Waals surface area contributed by atoms with E-state index in [0.717, 1.165) is 10.9 Å². The number of H-pyrrole nitrogens is 1. The number of nitrogens with zero attached hydrogens (tertiary/aromatic N) is 2. The third-order valence-corrected chi connectivity index (χ3v) is 3.72. The molecule has 3 aromatic rings. The van der Waals surface area contributed by atoms with Crippen LogP contribution in [0, 0.1) is 13.8 Å². The van der Waals surface area contributed by atoms with Gasteiger partial charge in [0.05, 0.1) is 5.52 Å². The average Bonchev–Trinajstić information content (AvgIpc) is 2.97. The first-order valence-corrected chi connectivity index (χ1v) is 6.95. The lowest BCUT2D eigenvalue weighted by Crippen LogP contribution is -2.19. The molecule has 22 heavy (non-hydrogen) atoms. The fraction of sp³-hybridized carbons (Fsp3) is 0.188. The van der Waals surface area contributed by atoms with E-state index in [1.165, 1.54) is 0 Å². The summed E-state index contributed by atoms with van der Waals surface area (Å²) in [6.45, 7) is 3.87. The van der Waals surface area contributed by atoms with E-state index in [4.69, 9.17) is 0 Å². The Hall–Kier alpha value is -2.89. The maximum Gasteiger partial charge on any atom is 0.251 e. The number of carbonyl (C=O) groups is 1. The highest BCUT2D eigenvalue weighted by atomic mass is 16.2. The Morgan fingerprint density at radius 1 is 1.32 bits per heavy atom. The summed E-state index contributed by atoms with van der Waals surface area (Å²) in [6, 6.07) is 7.26. The monoisotopic (exact) mass is 296 g/mol. The SMILES string of the molecule is Cc1c(C)c2ccc(NC(=O)Cn3cccn3)cc2[nH]c1=O. The largest absolute Gasteiger partial charge is 0.324 e. The van der Waals surface area contributed by atoms with E-state index in [0.29, 0.717) is 16.8 Å². The van der Waals surface area contributed by atoms with Crippen LogP contribution in [0.3, 0.4) is 0 Å². The zero-order valence-electron chi connectivity index (χ0n) is 12.4. The standard InChI is InChI=1S/C16H16N4O2/c1-10-11(2)16(22)19-14-8-12(4-5-13(10)14)18-15(21)9-20-7-3-6-17-20/h3-8H,9H2,1-2H3,(H,18,21)(H,19,22). The zero-order valence-corrected chi connectivity index (χ0v) is 12.4. The first-order valence-electron chi connectivity index (χ1n) is 6.95. The Kier molecular flexibility index (Phi) is 3.50. The number of rotatable bonds is 3. The van der Waals surface area contributed by atoms with Crippen LogP contribution in [0.2, 0.25) is 0 Å². The molecule has 0 spiro atoms. The van der Waals surface area contributed by atoms with Crippen molar-refractivity contribution in [2.45, 2.75) is 20.4 Å². The van der Waals surface area contributed by atoms with E-state index in [1.807, 2.05) is 19.1 Å². The number of benzene rings is 1. The molecule has 2 N–H and O–H groups in total. The molecule has 1 amide bonds. The van der Waals surface area contributed by atoms with Crippen LogP contribution in [0.15, 0.2) is 41.5 Å². The quantitative estimate of drug-likeness (QED) is 0.775. The molecule has 6 heteroatoms. The van der Waals surface area contributed by atoms with Gasteiger partial charge in [-0.3, -0.25) is 14.3 Å². The summed E-state index contributed by atoms with van der Waals surface area (Å²) in [4.78, 5) is 26.6. The Morgan fingerprint density at radius 3 is 2.86 bits per heavy atom. The van der Waals surface area contributed by atoms with Gasteiger partial charge in [-0.05, 0) is 37.6 Å². The molecule has 3 rings (SSSR count). The van der Waals surface area contributed by atoms with Crippen molar-refractivity contribution in [1.82, 2.24) is 14.8 Å². The van der Waals surface area contributed by atoms with Gasteiger partial charge in [0.1, 0.15) is 6.54 Å². The summed E-state index contributed by atoms with van der Waals surface area (Å²) < 4.78 is 1.55. The van der Waals surface area contributed by atoms with Crippen LogP contribution < -0.4 is 10.9 Å². The number of amides is 1. The van der Waals surface area contributed by atoms with Gasteiger partial charge in [0, 0.05) is 29.0 Å². The summed E-state index contributed by atoms with van der Waals surface area (Å²) in [5.74, 6) is -0.172. The Balaban J connectivity index is 1.87. The lowest BCUT2D eigenvalue weighted by Gasteiger charge is -2.09. The lowest BCUT2D eigenvalue weighted by molar-refractivity contribution is -0.116. The molecular weight excluding hydrogens is 280 g/mol. The number of pyridine rings is 1. The molecule has 0 aliphatic carbocycles. The number of hydrogen-bond acceptors (Lipinski definition) is 3. The summed E-state index contributed by atoms with van der Waals surface area (Å²) in [5.41, 5.74) is 2.91. The summed E-state index contributed by atoms with van der Waals surface area (Å²) in [6.07, 6.45) is 3.35. The van der Waals surface area contributed by atoms with Gasteiger partial charge in [0.15, 0.2) is 0 Å². The highest BCUT2D eigenvalue weighted by molar-refractivity contribution is 5.94. The molecule has 0 aliphatic heterocycles. The maximum atomic E-state index is 12.0. The number of fused-ring (bicyclic) bond motifs is 1. The van der Waals surface area contributed by atoms with E-state index in [1.54, 1.807) is 36.1 Å². The Labute approximate surface area is 126 Å². The lowest BCUT2D eigenvalue weighted by atomic mass is 10.1. The molecule has 0 saturated carbocycles. The fourth-order valence-corrected chi connectivity index (χ4v) is 2.38. The number of aromatic amines is 1. The van der Waals surface area contributed by atoms with E-state index in [9.17, 15) is 9.59 Å². The molecule has 2 heterocycles. The Bertz CT molecular complexity index is 894. The van der Waals surface area contributed by atoms with Crippen molar-refractivity contribution in [1.29, 1.82) is 0 Å².